The molecule has 0 radical (unpaired) electrons. The van der Waals surface area contributed by atoms with Gasteiger partial charge in [0.15, 0.2) is 0 Å². The molecular formula is C10H9Cl3N2O2. The zero-order valence-corrected chi connectivity index (χ0v) is 11.1. The lowest BCUT2D eigenvalue weighted by Gasteiger charge is -2.19. The molecule has 0 bridgehead atoms. The third-order valence-corrected chi connectivity index (χ3v) is 2.65. The minimum absolute atomic E-state index is 0.207. The maximum absolute atomic E-state index is 5.69. The van der Waals surface area contributed by atoms with Crippen LogP contribution in [0, 0.1) is 0 Å². The fourth-order valence-corrected chi connectivity index (χ4v) is 1.51. The molecule has 17 heavy (non-hydrogen) atoms. The third-order valence-electron chi connectivity index (χ3n) is 2.09. The molecule has 1 N–H and O–H groups in total. The maximum Gasteiger partial charge on any atom is 0.252 e. The van der Waals surface area contributed by atoms with Gasteiger partial charge in [-0.25, -0.2) is 0 Å². The Kier molecular flexibility index (Phi) is 3.47. The quantitative estimate of drug-likeness (QED) is 0.850. The summed E-state index contributed by atoms with van der Waals surface area (Å²) in [6.07, 6.45) is 1.48. The highest BCUT2D eigenvalue weighted by molar-refractivity contribution is 6.69. The van der Waals surface area contributed by atoms with Crippen LogP contribution in [0.15, 0.2) is 36.2 Å². The summed E-state index contributed by atoms with van der Waals surface area (Å²) in [5, 5.41) is 1.39. The number of anilines is 1. The molecule has 7 heteroatoms. The SMILES string of the molecule is COc1ccc(N2NC=C(C(Cl)(Cl)Cl)O2)cc1. The Bertz CT molecular complexity index is 428. The van der Waals surface area contributed by atoms with Gasteiger partial charge in [0.05, 0.1) is 19.0 Å². The minimum atomic E-state index is -1.59. The molecule has 0 fully saturated rings. The average Bonchev–Trinajstić information content (AvgIpc) is 2.78. The van der Waals surface area contributed by atoms with Gasteiger partial charge in [-0.05, 0) is 24.3 Å². The number of allylic oxidation sites excluding steroid dienone is 1. The van der Waals surface area contributed by atoms with Crippen LogP contribution >= 0.6 is 34.8 Å². The van der Waals surface area contributed by atoms with Crippen molar-refractivity contribution in [2.24, 2.45) is 0 Å². The van der Waals surface area contributed by atoms with E-state index in [1.807, 2.05) is 0 Å². The van der Waals surface area contributed by atoms with E-state index in [1.165, 1.54) is 11.4 Å². The van der Waals surface area contributed by atoms with Gasteiger partial charge in [0, 0.05) is 0 Å². The van der Waals surface area contributed by atoms with E-state index in [0.717, 1.165) is 11.4 Å². The zero-order chi connectivity index (χ0) is 12.5. The van der Waals surface area contributed by atoms with Gasteiger partial charge < -0.3 is 9.57 Å². The van der Waals surface area contributed by atoms with Gasteiger partial charge in [-0.1, -0.05) is 34.8 Å². The summed E-state index contributed by atoms with van der Waals surface area (Å²) in [4.78, 5) is 5.33. The van der Waals surface area contributed by atoms with Gasteiger partial charge in [-0.15, -0.1) is 5.17 Å². The van der Waals surface area contributed by atoms with E-state index in [1.54, 1.807) is 31.4 Å². The van der Waals surface area contributed by atoms with Gasteiger partial charge in [0.1, 0.15) is 5.75 Å². The number of hydrogen-bond donors (Lipinski definition) is 1. The molecule has 0 unspecified atom stereocenters. The number of rotatable bonds is 2. The highest BCUT2D eigenvalue weighted by Gasteiger charge is 2.34. The fourth-order valence-electron chi connectivity index (χ4n) is 1.25. The van der Waals surface area contributed by atoms with Crippen molar-refractivity contribution >= 4 is 40.5 Å². The number of halogens is 3. The zero-order valence-electron chi connectivity index (χ0n) is 8.78. The molecule has 0 aromatic heterocycles. The standard InChI is InChI=1S/C10H9Cl3N2O2/c1-16-8-4-2-7(3-5-8)15-14-6-9(17-15)10(11,12)13/h2-6,14H,1H3. The monoisotopic (exact) mass is 294 g/mol. The third kappa shape index (κ3) is 2.83. The molecule has 2 rings (SSSR count). The highest BCUT2D eigenvalue weighted by atomic mass is 35.6. The van der Waals surface area contributed by atoms with Crippen molar-refractivity contribution in [3.8, 4) is 5.75 Å². The molecule has 4 nitrogen and oxygen atoms in total. The van der Waals surface area contributed by atoms with Crippen LogP contribution in [-0.2, 0) is 4.84 Å². The Labute approximate surface area is 114 Å². The highest BCUT2D eigenvalue weighted by Crippen LogP contribution is 2.37. The first-order chi connectivity index (χ1) is 8.00. The number of hydrogen-bond acceptors (Lipinski definition) is 4. The molecule has 0 spiro atoms. The summed E-state index contributed by atoms with van der Waals surface area (Å²) in [7, 11) is 1.60. The van der Waals surface area contributed by atoms with Crippen molar-refractivity contribution in [3.05, 3.63) is 36.2 Å². The number of nitrogens with zero attached hydrogens (tertiary/aromatic N) is 1. The predicted molar refractivity (Wildman–Crippen MR) is 68.1 cm³/mol. The lowest BCUT2D eigenvalue weighted by atomic mass is 10.3. The lowest BCUT2D eigenvalue weighted by molar-refractivity contribution is 0.188. The summed E-state index contributed by atoms with van der Waals surface area (Å²) in [6.45, 7) is 0. The van der Waals surface area contributed by atoms with E-state index in [0.29, 0.717) is 0 Å². The Hall–Kier alpha value is -0.970. The average molecular weight is 296 g/mol. The minimum Gasteiger partial charge on any atom is -0.497 e. The van der Waals surface area contributed by atoms with Crippen molar-refractivity contribution in [1.29, 1.82) is 0 Å². The molecule has 1 aliphatic rings. The van der Waals surface area contributed by atoms with Crippen molar-refractivity contribution < 1.29 is 9.57 Å². The molecule has 0 atom stereocenters. The molecule has 1 heterocycles. The molecule has 1 aromatic rings. The number of methoxy groups -OCH3 is 1. The summed E-state index contributed by atoms with van der Waals surface area (Å²) < 4.78 is 3.46. The maximum atomic E-state index is 5.69. The van der Waals surface area contributed by atoms with Crippen LogP contribution in [-0.4, -0.2) is 10.9 Å². The van der Waals surface area contributed by atoms with Crippen molar-refractivity contribution in [2.45, 2.75) is 3.79 Å². The van der Waals surface area contributed by atoms with Crippen LogP contribution in [0.25, 0.3) is 0 Å². The van der Waals surface area contributed by atoms with E-state index < -0.39 is 3.79 Å². The Morgan fingerprint density at radius 2 is 1.88 bits per heavy atom. The van der Waals surface area contributed by atoms with Gasteiger partial charge in [0.2, 0.25) is 5.76 Å². The second kappa shape index (κ2) is 4.72. The Morgan fingerprint density at radius 3 is 2.35 bits per heavy atom. The normalized spacial score (nSPS) is 15.1. The Morgan fingerprint density at radius 1 is 1.24 bits per heavy atom. The van der Waals surface area contributed by atoms with Gasteiger partial charge in [0.25, 0.3) is 3.79 Å². The second-order valence-electron chi connectivity index (χ2n) is 3.22. The summed E-state index contributed by atoms with van der Waals surface area (Å²) in [5.74, 6) is 0.959. The largest absolute Gasteiger partial charge is 0.497 e. The van der Waals surface area contributed by atoms with Crippen LogP contribution in [0.1, 0.15) is 0 Å². The van der Waals surface area contributed by atoms with Gasteiger partial charge in [-0.2, -0.15) is 0 Å². The second-order valence-corrected chi connectivity index (χ2v) is 5.50. The fraction of sp³-hybridized carbons (Fsp3) is 0.200. The molecule has 1 aromatic carbocycles. The smallest absolute Gasteiger partial charge is 0.252 e. The molecule has 0 saturated carbocycles. The molecule has 0 aliphatic carbocycles. The first-order valence-corrected chi connectivity index (χ1v) is 5.80. The van der Waals surface area contributed by atoms with Gasteiger partial charge >= 0.3 is 0 Å². The Balaban J connectivity index is 2.07. The van der Waals surface area contributed by atoms with Crippen LogP contribution in [0.2, 0.25) is 0 Å². The molecular weight excluding hydrogens is 286 g/mol. The van der Waals surface area contributed by atoms with E-state index in [-0.39, 0.29) is 5.76 Å². The lowest BCUT2D eigenvalue weighted by Crippen LogP contribution is -2.28. The predicted octanol–water partition coefficient (Wildman–Crippen LogP) is 3.16. The van der Waals surface area contributed by atoms with E-state index in [9.17, 15) is 0 Å². The number of benzene rings is 1. The summed E-state index contributed by atoms with van der Waals surface area (Å²) in [5.41, 5.74) is 3.58. The number of ether oxygens (including phenoxy) is 1. The van der Waals surface area contributed by atoms with E-state index in [4.69, 9.17) is 44.4 Å². The molecule has 0 amide bonds. The van der Waals surface area contributed by atoms with Crippen LogP contribution in [0.3, 0.4) is 0 Å². The van der Waals surface area contributed by atoms with Crippen molar-refractivity contribution in [3.63, 3.8) is 0 Å². The van der Waals surface area contributed by atoms with Crippen LogP contribution in [0.4, 0.5) is 5.69 Å². The van der Waals surface area contributed by atoms with E-state index >= 15 is 0 Å². The van der Waals surface area contributed by atoms with Crippen molar-refractivity contribution in [1.82, 2.24) is 5.43 Å². The summed E-state index contributed by atoms with van der Waals surface area (Å²) in [6, 6.07) is 7.21. The first-order valence-electron chi connectivity index (χ1n) is 4.66. The number of alkyl halides is 3. The van der Waals surface area contributed by atoms with Crippen molar-refractivity contribution in [2.75, 3.05) is 12.3 Å². The summed E-state index contributed by atoms with van der Waals surface area (Å²) >= 11 is 17.1. The van der Waals surface area contributed by atoms with Crippen LogP contribution < -0.4 is 15.3 Å². The number of hydrazine groups is 1. The molecule has 92 valence electrons. The first kappa shape index (κ1) is 12.5. The molecule has 1 aliphatic heterocycles. The van der Waals surface area contributed by atoms with Crippen LogP contribution in [0.5, 0.6) is 5.75 Å². The molecule has 0 saturated heterocycles. The van der Waals surface area contributed by atoms with E-state index in [2.05, 4.69) is 5.43 Å². The van der Waals surface area contributed by atoms with Gasteiger partial charge in [-0.3, -0.25) is 5.43 Å². The topological polar surface area (TPSA) is 33.7 Å². The number of nitrogens with one attached hydrogen (secondary N) is 1.